The first-order valence-corrected chi connectivity index (χ1v) is 10.2. The molecule has 0 amide bonds. The van der Waals surface area contributed by atoms with Gasteiger partial charge in [0.25, 0.3) is 0 Å². The van der Waals surface area contributed by atoms with Gasteiger partial charge in [0.2, 0.25) is 10.0 Å². The molecule has 0 saturated carbocycles. The first kappa shape index (κ1) is 17.2. The molecule has 2 aromatic carbocycles. The highest BCUT2D eigenvalue weighted by molar-refractivity contribution is 7.89. The Labute approximate surface area is 145 Å². The zero-order valence-corrected chi connectivity index (χ0v) is 15.2. The molecule has 24 heavy (non-hydrogen) atoms. The molecule has 3 rings (SSSR count). The molecule has 3 nitrogen and oxygen atoms in total. The third kappa shape index (κ3) is 3.70. The zero-order valence-electron chi connectivity index (χ0n) is 14.4. The van der Waals surface area contributed by atoms with Crippen LogP contribution in [0, 0.1) is 6.92 Å². The fraction of sp³-hybridized carbons (Fsp3) is 0.400. The Morgan fingerprint density at radius 2 is 1.67 bits per heavy atom. The van der Waals surface area contributed by atoms with E-state index in [4.69, 9.17) is 0 Å². The molecule has 0 radical (unpaired) electrons. The summed E-state index contributed by atoms with van der Waals surface area (Å²) in [6.07, 6.45) is 5.45. The molecule has 4 heteroatoms. The molecule has 0 aromatic heterocycles. The molecule has 0 spiro atoms. The monoisotopic (exact) mass is 343 g/mol. The third-order valence-corrected chi connectivity index (χ3v) is 6.30. The second kappa shape index (κ2) is 7.08. The molecular weight excluding hydrogens is 318 g/mol. The van der Waals surface area contributed by atoms with Crippen LogP contribution in [-0.4, -0.2) is 8.42 Å². The lowest BCUT2D eigenvalue weighted by Gasteiger charge is -2.21. The van der Waals surface area contributed by atoms with E-state index >= 15 is 0 Å². The largest absolute Gasteiger partial charge is 0.241 e. The fourth-order valence-electron chi connectivity index (χ4n) is 3.33. The Kier molecular flexibility index (Phi) is 5.07. The standard InChI is InChI=1S/C20H25NO2S/c1-3-20(18-11-10-16-6-4-5-7-17(16)14-18)21-24(22,23)19-12-8-15(2)9-13-19/h8-14,20-21H,3-7H2,1-2H3. The van der Waals surface area contributed by atoms with E-state index in [1.807, 2.05) is 26.0 Å². The van der Waals surface area contributed by atoms with Gasteiger partial charge in [-0.15, -0.1) is 0 Å². The van der Waals surface area contributed by atoms with Gasteiger partial charge < -0.3 is 0 Å². The highest BCUT2D eigenvalue weighted by atomic mass is 32.2. The highest BCUT2D eigenvalue weighted by Gasteiger charge is 2.21. The van der Waals surface area contributed by atoms with Crippen molar-refractivity contribution in [1.82, 2.24) is 4.72 Å². The van der Waals surface area contributed by atoms with Crippen molar-refractivity contribution < 1.29 is 8.42 Å². The van der Waals surface area contributed by atoms with Crippen molar-refractivity contribution in [2.45, 2.75) is 56.9 Å². The number of nitrogens with one attached hydrogen (secondary N) is 1. The SMILES string of the molecule is CCC(NS(=O)(=O)c1ccc(C)cc1)c1ccc2c(c1)CCCC2. The van der Waals surface area contributed by atoms with Crippen molar-refractivity contribution in [3.05, 3.63) is 64.7 Å². The number of sulfonamides is 1. The van der Waals surface area contributed by atoms with E-state index in [-0.39, 0.29) is 6.04 Å². The van der Waals surface area contributed by atoms with Crippen molar-refractivity contribution in [2.24, 2.45) is 0 Å². The molecule has 1 atom stereocenters. The first-order valence-electron chi connectivity index (χ1n) is 8.70. The molecule has 0 heterocycles. The summed E-state index contributed by atoms with van der Waals surface area (Å²) in [6.45, 7) is 3.97. The van der Waals surface area contributed by atoms with Crippen molar-refractivity contribution in [3.63, 3.8) is 0 Å². The van der Waals surface area contributed by atoms with Gasteiger partial charge in [0, 0.05) is 6.04 Å². The number of hydrogen-bond acceptors (Lipinski definition) is 2. The lowest BCUT2D eigenvalue weighted by atomic mass is 9.89. The summed E-state index contributed by atoms with van der Waals surface area (Å²) in [4.78, 5) is 0.324. The molecule has 0 saturated heterocycles. The summed E-state index contributed by atoms with van der Waals surface area (Å²) in [6, 6.07) is 13.2. The normalized spacial score (nSPS) is 15.8. The predicted molar refractivity (Wildman–Crippen MR) is 97.6 cm³/mol. The molecule has 1 aliphatic carbocycles. The number of rotatable bonds is 5. The van der Waals surface area contributed by atoms with Gasteiger partial charge in [-0.1, -0.05) is 42.8 Å². The third-order valence-electron chi connectivity index (χ3n) is 4.81. The van der Waals surface area contributed by atoms with Crippen molar-refractivity contribution in [2.75, 3.05) is 0 Å². The smallest absolute Gasteiger partial charge is 0.207 e. The molecule has 2 aromatic rings. The van der Waals surface area contributed by atoms with Crippen LogP contribution in [0.15, 0.2) is 47.4 Å². The van der Waals surface area contributed by atoms with E-state index in [1.165, 1.54) is 24.0 Å². The summed E-state index contributed by atoms with van der Waals surface area (Å²) in [5.74, 6) is 0. The fourth-order valence-corrected chi connectivity index (χ4v) is 4.64. The van der Waals surface area contributed by atoms with Crippen LogP contribution in [0.3, 0.4) is 0 Å². The van der Waals surface area contributed by atoms with Crippen LogP contribution in [0.25, 0.3) is 0 Å². The minimum atomic E-state index is -3.51. The highest BCUT2D eigenvalue weighted by Crippen LogP contribution is 2.27. The first-order chi connectivity index (χ1) is 11.5. The van der Waals surface area contributed by atoms with Crippen LogP contribution in [-0.2, 0) is 22.9 Å². The Morgan fingerprint density at radius 3 is 2.33 bits per heavy atom. The molecule has 128 valence electrons. The Hall–Kier alpha value is -1.65. The number of aryl methyl sites for hydroxylation is 3. The van der Waals surface area contributed by atoms with Gasteiger partial charge in [-0.3, -0.25) is 0 Å². The van der Waals surface area contributed by atoms with E-state index in [1.54, 1.807) is 12.1 Å². The second-order valence-electron chi connectivity index (χ2n) is 6.63. The number of fused-ring (bicyclic) bond motifs is 1. The van der Waals surface area contributed by atoms with Crippen LogP contribution >= 0.6 is 0 Å². The molecule has 1 aliphatic rings. The summed E-state index contributed by atoms with van der Waals surface area (Å²) < 4.78 is 28.2. The number of hydrogen-bond donors (Lipinski definition) is 1. The van der Waals surface area contributed by atoms with Crippen molar-refractivity contribution >= 4 is 10.0 Å². The van der Waals surface area contributed by atoms with E-state index in [2.05, 4.69) is 22.9 Å². The quantitative estimate of drug-likeness (QED) is 0.879. The average Bonchev–Trinajstić information content (AvgIpc) is 2.59. The van der Waals surface area contributed by atoms with Gasteiger partial charge in [0.15, 0.2) is 0 Å². The van der Waals surface area contributed by atoms with E-state index < -0.39 is 10.0 Å². The Morgan fingerprint density at radius 1 is 1.00 bits per heavy atom. The van der Waals surface area contributed by atoms with Crippen LogP contribution < -0.4 is 4.72 Å². The van der Waals surface area contributed by atoms with E-state index in [0.717, 1.165) is 30.4 Å². The van der Waals surface area contributed by atoms with Gasteiger partial charge in [-0.05, 0) is 67.9 Å². The summed E-state index contributed by atoms with van der Waals surface area (Å²) >= 11 is 0. The summed E-state index contributed by atoms with van der Waals surface area (Å²) in [7, 11) is -3.51. The second-order valence-corrected chi connectivity index (χ2v) is 8.34. The van der Waals surface area contributed by atoms with Gasteiger partial charge in [0.05, 0.1) is 4.90 Å². The zero-order chi connectivity index (χ0) is 17.2. The Bertz CT molecular complexity index is 810. The van der Waals surface area contributed by atoms with Crippen LogP contribution in [0.2, 0.25) is 0 Å². The lowest BCUT2D eigenvalue weighted by Crippen LogP contribution is -2.28. The molecule has 0 bridgehead atoms. The minimum absolute atomic E-state index is 0.191. The maximum Gasteiger partial charge on any atom is 0.241 e. The average molecular weight is 343 g/mol. The van der Waals surface area contributed by atoms with Gasteiger partial charge >= 0.3 is 0 Å². The molecular formula is C20H25NO2S. The molecule has 0 fully saturated rings. The van der Waals surface area contributed by atoms with E-state index in [0.29, 0.717) is 4.90 Å². The molecule has 1 unspecified atom stereocenters. The van der Waals surface area contributed by atoms with Crippen LogP contribution in [0.4, 0.5) is 0 Å². The Balaban J connectivity index is 1.85. The van der Waals surface area contributed by atoms with Crippen molar-refractivity contribution in [3.8, 4) is 0 Å². The van der Waals surface area contributed by atoms with Gasteiger partial charge in [-0.25, -0.2) is 13.1 Å². The van der Waals surface area contributed by atoms with Gasteiger partial charge in [0.1, 0.15) is 0 Å². The topological polar surface area (TPSA) is 46.2 Å². The van der Waals surface area contributed by atoms with Crippen molar-refractivity contribution in [1.29, 1.82) is 0 Å². The maximum atomic E-state index is 12.7. The van der Waals surface area contributed by atoms with Crippen LogP contribution in [0.5, 0.6) is 0 Å². The molecule has 1 N–H and O–H groups in total. The van der Waals surface area contributed by atoms with Crippen LogP contribution in [0.1, 0.15) is 54.5 Å². The summed E-state index contributed by atoms with van der Waals surface area (Å²) in [5.41, 5.74) is 4.91. The van der Waals surface area contributed by atoms with Gasteiger partial charge in [-0.2, -0.15) is 0 Å². The summed E-state index contributed by atoms with van der Waals surface area (Å²) in [5, 5.41) is 0. The number of benzene rings is 2. The maximum absolute atomic E-state index is 12.7. The lowest BCUT2D eigenvalue weighted by molar-refractivity contribution is 0.549. The minimum Gasteiger partial charge on any atom is -0.207 e. The van der Waals surface area contributed by atoms with E-state index in [9.17, 15) is 8.42 Å². The predicted octanol–water partition coefficient (Wildman–Crippen LogP) is 4.30. The molecule has 0 aliphatic heterocycles.